The lowest BCUT2D eigenvalue weighted by Crippen LogP contribution is -2.68. The number of hydrogen-bond donors (Lipinski definition) is 4. The Labute approximate surface area is 426 Å². The van der Waals surface area contributed by atoms with Gasteiger partial charge in [-0.1, -0.05) is 50.2 Å². The summed E-state index contributed by atoms with van der Waals surface area (Å²) in [6.45, 7) is 13.0. The Morgan fingerprint density at radius 1 is 1.01 bits per heavy atom. The van der Waals surface area contributed by atoms with E-state index in [2.05, 4.69) is 91.0 Å². The van der Waals surface area contributed by atoms with E-state index in [4.69, 9.17) is 9.47 Å². The SMILES string of the molecule is CC(C)c1ccccc1[C@@H]1CN(Cc2ccc3c(c2)OCC3)CCN1C1CC2(C1)CN(c1ccc(C(=O)NS(=O)(=O)c3ccc(NCC4CCC(C)(O)CC4)c([N+](=O)[O-])c3)c(Oc3cnc4[nH]ccc4c3)c1)C2. The highest BCUT2D eigenvalue weighted by atomic mass is 32.2. The van der Waals surface area contributed by atoms with Crippen LogP contribution in [0.1, 0.15) is 104 Å². The molecule has 6 aromatic rings. The van der Waals surface area contributed by atoms with Crippen molar-refractivity contribution in [2.24, 2.45) is 11.3 Å². The number of sulfonamides is 1. The number of nitro groups is 1. The van der Waals surface area contributed by atoms with Crippen LogP contribution >= 0.6 is 0 Å². The van der Waals surface area contributed by atoms with Gasteiger partial charge in [0.25, 0.3) is 21.6 Å². The van der Waals surface area contributed by atoms with Gasteiger partial charge in [-0.3, -0.25) is 24.7 Å². The van der Waals surface area contributed by atoms with Crippen LogP contribution in [0, 0.1) is 21.4 Å². The highest BCUT2D eigenvalue weighted by Crippen LogP contribution is 2.54. The van der Waals surface area contributed by atoms with Gasteiger partial charge in [0.05, 0.1) is 33.8 Å². The second-order valence-electron chi connectivity index (χ2n) is 21.8. The summed E-state index contributed by atoms with van der Waals surface area (Å²) < 4.78 is 42.1. The van der Waals surface area contributed by atoms with Gasteiger partial charge in [-0.05, 0) is 122 Å². The average Bonchev–Trinajstić information content (AvgIpc) is 4.02. The highest BCUT2D eigenvalue weighted by molar-refractivity contribution is 7.90. The molecule has 1 atom stereocenters. The molecule has 2 aromatic heterocycles. The first-order chi connectivity index (χ1) is 35.1. The predicted octanol–water partition coefficient (Wildman–Crippen LogP) is 9.32. The van der Waals surface area contributed by atoms with E-state index < -0.39 is 37.0 Å². The molecule has 2 saturated carbocycles. The Morgan fingerprint density at radius 3 is 2.62 bits per heavy atom. The summed E-state index contributed by atoms with van der Waals surface area (Å²) in [7, 11) is -4.59. The first-order valence-corrected chi connectivity index (χ1v) is 27.2. The normalized spacial score (nSPS) is 22.1. The van der Waals surface area contributed by atoms with Crippen LogP contribution in [-0.2, 0) is 23.0 Å². The zero-order valence-corrected chi connectivity index (χ0v) is 42.5. The summed E-state index contributed by atoms with van der Waals surface area (Å²) >= 11 is 0. The quantitative estimate of drug-likeness (QED) is 0.0562. The Kier molecular flexibility index (Phi) is 12.9. The fourth-order valence-corrected chi connectivity index (χ4v) is 13.0. The number of carbonyl (C=O) groups excluding carboxylic acids is 1. The van der Waals surface area contributed by atoms with Gasteiger partial charge in [0, 0.05) is 99.1 Å². The first-order valence-electron chi connectivity index (χ1n) is 25.7. The Balaban J connectivity index is 0.787. The van der Waals surface area contributed by atoms with Gasteiger partial charge >= 0.3 is 0 Å². The molecule has 1 spiro atoms. The third-order valence-corrected chi connectivity index (χ3v) is 17.5. The molecular formula is C56H64N8O8S. The van der Waals surface area contributed by atoms with E-state index in [1.54, 1.807) is 24.4 Å². The smallest absolute Gasteiger partial charge is 0.293 e. The number of nitrogens with one attached hydrogen (secondary N) is 3. The van der Waals surface area contributed by atoms with Crippen molar-refractivity contribution in [1.82, 2.24) is 24.5 Å². The number of fused-ring (bicyclic) bond motifs is 2. The molecule has 382 valence electrons. The van der Waals surface area contributed by atoms with E-state index in [-0.39, 0.29) is 34.4 Å². The van der Waals surface area contributed by atoms with E-state index in [1.807, 2.05) is 19.1 Å². The summed E-state index contributed by atoms with van der Waals surface area (Å²) in [5.41, 5.74) is 6.05. The number of amides is 1. The molecule has 4 fully saturated rings. The Hall–Kier alpha value is -6.53. The monoisotopic (exact) mass is 1010 g/mol. The number of hydrogen-bond acceptors (Lipinski definition) is 13. The van der Waals surface area contributed by atoms with E-state index in [9.17, 15) is 28.4 Å². The van der Waals surface area contributed by atoms with Crippen molar-refractivity contribution < 1.29 is 32.7 Å². The number of carbonyl (C=O) groups is 1. The number of aliphatic hydroxyl groups is 1. The number of anilines is 2. The number of piperazine rings is 1. The Bertz CT molecular complexity index is 3170. The average molecular weight is 1010 g/mol. The van der Waals surface area contributed by atoms with Crippen molar-refractivity contribution in [3.05, 3.63) is 141 Å². The molecule has 0 bridgehead atoms. The number of nitrogens with zero attached hydrogens (tertiary/aromatic N) is 5. The summed E-state index contributed by atoms with van der Waals surface area (Å²) in [6, 6.07) is 28.8. The standard InChI is InChI=1S/C56H64N8O8S/c1-36(2)45-6-4-5-7-46(45)50-33-61(32-38-8-9-39-17-23-71-51(39)24-38)21-22-63(50)42-28-56(29-42)34-62(35-56)41-10-12-47(52(26-41)72-43-25-40-16-20-57-53(40)59-31-43)54(65)60-73(69,70)44-11-13-48(49(27-44)64(67)68)58-30-37-14-18-55(3,66)19-15-37/h4-13,16,20,24-27,31,36-37,42,50,58,66H,14-15,17-19,21-23,28-30,32-35H2,1-3H3,(H,57,59)(H,60,65)/t37?,50-,55?/m0/s1. The molecule has 5 aliphatic rings. The number of nitro benzene ring substituents is 1. The minimum atomic E-state index is -4.59. The van der Waals surface area contributed by atoms with Gasteiger partial charge < -0.3 is 29.8 Å². The highest BCUT2D eigenvalue weighted by Gasteiger charge is 2.55. The van der Waals surface area contributed by atoms with E-state index >= 15 is 0 Å². The number of aromatic nitrogens is 2. The minimum absolute atomic E-state index is 0.0314. The van der Waals surface area contributed by atoms with Crippen LogP contribution in [0.2, 0.25) is 0 Å². The topological polar surface area (TPSA) is 195 Å². The van der Waals surface area contributed by atoms with Crippen LogP contribution in [-0.4, -0.2) is 102 Å². The lowest BCUT2D eigenvalue weighted by molar-refractivity contribution is -0.384. The molecule has 0 radical (unpaired) electrons. The lowest BCUT2D eigenvalue weighted by atomic mass is 9.59. The number of ether oxygens (including phenoxy) is 2. The van der Waals surface area contributed by atoms with Gasteiger partial charge in [-0.2, -0.15) is 0 Å². The maximum absolute atomic E-state index is 14.1. The first kappa shape index (κ1) is 48.7. The number of rotatable bonds is 15. The fraction of sp³-hybridized carbons (Fsp3) is 0.429. The lowest BCUT2D eigenvalue weighted by Gasteiger charge is -2.63. The van der Waals surface area contributed by atoms with Gasteiger partial charge in [-0.25, -0.2) is 18.1 Å². The van der Waals surface area contributed by atoms with Crippen LogP contribution in [0.4, 0.5) is 17.1 Å². The molecule has 2 saturated heterocycles. The zero-order valence-electron chi connectivity index (χ0n) is 41.7. The van der Waals surface area contributed by atoms with Crippen LogP contribution in [0.25, 0.3) is 11.0 Å². The largest absolute Gasteiger partial charge is 0.493 e. The number of pyridine rings is 1. The van der Waals surface area contributed by atoms with Gasteiger partial charge in [-0.15, -0.1) is 0 Å². The molecule has 2 aliphatic carbocycles. The third kappa shape index (κ3) is 10.1. The van der Waals surface area contributed by atoms with Crippen molar-refractivity contribution in [2.45, 2.75) is 101 Å². The second kappa shape index (κ2) is 19.4. The predicted molar refractivity (Wildman–Crippen MR) is 280 cm³/mol. The second-order valence-corrected chi connectivity index (χ2v) is 23.5. The molecular weight excluding hydrogens is 945 g/mol. The molecule has 0 unspecified atom stereocenters. The van der Waals surface area contributed by atoms with Crippen LogP contribution < -0.4 is 24.4 Å². The minimum Gasteiger partial charge on any atom is -0.493 e. The third-order valence-electron chi connectivity index (χ3n) is 16.2. The van der Waals surface area contributed by atoms with E-state index in [0.29, 0.717) is 42.7 Å². The summed E-state index contributed by atoms with van der Waals surface area (Å²) in [5.74, 6) is 1.18. The van der Waals surface area contributed by atoms with Crippen LogP contribution in [0.3, 0.4) is 0 Å². The molecule has 11 rings (SSSR count). The molecule has 73 heavy (non-hydrogen) atoms. The Morgan fingerprint density at radius 2 is 1.82 bits per heavy atom. The summed E-state index contributed by atoms with van der Waals surface area (Å²) in [6.07, 6.45) is 9.23. The van der Waals surface area contributed by atoms with Crippen molar-refractivity contribution in [3.8, 4) is 17.2 Å². The summed E-state index contributed by atoms with van der Waals surface area (Å²) in [4.78, 5) is 40.4. The number of benzene rings is 4. The van der Waals surface area contributed by atoms with Crippen molar-refractivity contribution in [3.63, 3.8) is 0 Å². The molecule has 16 nitrogen and oxygen atoms in total. The zero-order chi connectivity index (χ0) is 50.6. The van der Waals surface area contributed by atoms with Crippen LogP contribution in [0.5, 0.6) is 17.2 Å². The molecule has 3 aliphatic heterocycles. The fourth-order valence-electron chi connectivity index (χ4n) is 12.1. The number of H-pyrrole nitrogens is 1. The van der Waals surface area contributed by atoms with E-state index in [0.717, 1.165) is 101 Å². The summed E-state index contributed by atoms with van der Waals surface area (Å²) in [5, 5.41) is 26.5. The molecule has 5 heterocycles. The van der Waals surface area contributed by atoms with Gasteiger partial charge in [0.2, 0.25) is 0 Å². The maximum atomic E-state index is 14.1. The van der Waals surface area contributed by atoms with Gasteiger partial charge in [0.1, 0.15) is 28.6 Å². The van der Waals surface area contributed by atoms with Crippen molar-refractivity contribution in [1.29, 1.82) is 0 Å². The van der Waals surface area contributed by atoms with Crippen LogP contribution in [0.15, 0.2) is 108 Å². The maximum Gasteiger partial charge on any atom is 0.293 e. The molecule has 4 aromatic carbocycles. The molecule has 1 amide bonds. The molecule has 4 N–H and O–H groups in total. The van der Waals surface area contributed by atoms with Gasteiger partial charge in [0.15, 0.2) is 0 Å². The van der Waals surface area contributed by atoms with Crippen molar-refractivity contribution >= 4 is 44.0 Å². The van der Waals surface area contributed by atoms with E-state index in [1.165, 1.54) is 40.6 Å². The number of aromatic amines is 1. The molecule has 17 heteroatoms. The van der Waals surface area contributed by atoms with Crippen molar-refractivity contribution in [2.75, 3.05) is 56.1 Å².